The Morgan fingerprint density at radius 2 is 2.12 bits per heavy atom. The zero-order chi connectivity index (χ0) is 11.4. The largest absolute Gasteiger partial charge is 0.465 e. The van der Waals surface area contributed by atoms with E-state index in [0.717, 1.165) is 19.3 Å². The quantitative estimate of drug-likeness (QED) is 0.560. The number of esters is 1. The van der Waals surface area contributed by atoms with Gasteiger partial charge in [-0.05, 0) is 24.3 Å². The van der Waals surface area contributed by atoms with E-state index in [2.05, 4.69) is 19.1 Å². The molecule has 1 aliphatic carbocycles. The molecule has 0 heterocycles. The Kier molecular flexibility index (Phi) is 3.60. The van der Waals surface area contributed by atoms with Crippen LogP contribution in [0.15, 0.2) is 30.3 Å². The minimum absolute atomic E-state index is 0.0118. The third-order valence-corrected chi connectivity index (χ3v) is 3.06. The third-order valence-electron chi connectivity index (χ3n) is 3.06. The third kappa shape index (κ3) is 2.63. The molecule has 1 fully saturated rings. The molecule has 1 aromatic carbocycles. The van der Waals surface area contributed by atoms with Gasteiger partial charge in [-0.25, -0.2) is 0 Å². The lowest BCUT2D eigenvalue weighted by molar-refractivity contribution is -0.145. The summed E-state index contributed by atoms with van der Waals surface area (Å²) in [6.07, 6.45) is 2.99. The van der Waals surface area contributed by atoms with Crippen molar-refractivity contribution in [2.45, 2.75) is 32.1 Å². The van der Waals surface area contributed by atoms with Crippen LogP contribution >= 0.6 is 0 Å². The number of ether oxygens (including phenoxy) is 1. The monoisotopic (exact) mass is 218 g/mol. The molecule has 86 valence electrons. The van der Waals surface area contributed by atoms with Crippen LogP contribution in [-0.4, -0.2) is 12.6 Å². The van der Waals surface area contributed by atoms with Crippen LogP contribution in [0.5, 0.6) is 0 Å². The molecule has 0 spiro atoms. The normalized spacial score (nSPS) is 22.8. The van der Waals surface area contributed by atoms with Gasteiger partial charge in [-0.15, -0.1) is 0 Å². The van der Waals surface area contributed by atoms with E-state index in [0.29, 0.717) is 12.5 Å². The van der Waals surface area contributed by atoms with Gasteiger partial charge in [-0.2, -0.15) is 0 Å². The van der Waals surface area contributed by atoms with Crippen LogP contribution in [0.2, 0.25) is 0 Å². The Hall–Kier alpha value is -1.31. The van der Waals surface area contributed by atoms with Crippen molar-refractivity contribution in [3.05, 3.63) is 35.9 Å². The summed E-state index contributed by atoms with van der Waals surface area (Å²) < 4.78 is 5.22. The Bertz CT molecular complexity index is 345. The van der Waals surface area contributed by atoms with Gasteiger partial charge in [-0.3, -0.25) is 4.79 Å². The molecule has 0 bridgehead atoms. The lowest BCUT2D eigenvalue weighted by Crippen LogP contribution is -2.08. The van der Waals surface area contributed by atoms with Gasteiger partial charge in [0.25, 0.3) is 0 Å². The smallest absolute Gasteiger partial charge is 0.309 e. The Balaban J connectivity index is 1.80. The molecule has 1 aromatic rings. The van der Waals surface area contributed by atoms with E-state index in [1.807, 2.05) is 18.2 Å². The average molecular weight is 218 g/mol. The molecular formula is C14H18O2. The summed E-state index contributed by atoms with van der Waals surface area (Å²) in [5.74, 6) is 0.497. The molecule has 0 radical (unpaired) electrons. The van der Waals surface area contributed by atoms with Crippen molar-refractivity contribution in [3.8, 4) is 0 Å². The molecule has 0 amide bonds. The summed E-state index contributed by atoms with van der Waals surface area (Å²) in [6.45, 7) is 2.67. The van der Waals surface area contributed by atoms with Crippen molar-refractivity contribution in [2.75, 3.05) is 6.61 Å². The summed E-state index contributed by atoms with van der Waals surface area (Å²) in [4.78, 5) is 11.6. The molecule has 16 heavy (non-hydrogen) atoms. The van der Waals surface area contributed by atoms with Gasteiger partial charge >= 0.3 is 5.97 Å². The molecule has 0 aromatic heterocycles. The maximum atomic E-state index is 11.6. The van der Waals surface area contributed by atoms with Crippen molar-refractivity contribution in [3.63, 3.8) is 0 Å². The average Bonchev–Trinajstić information content (AvgIpc) is 3.10. The molecule has 1 aliphatic rings. The van der Waals surface area contributed by atoms with E-state index in [9.17, 15) is 4.79 Å². The molecule has 2 nitrogen and oxygen atoms in total. The van der Waals surface area contributed by atoms with Crippen LogP contribution < -0.4 is 0 Å². The number of unbranched alkanes of at least 4 members (excludes halogenated alkanes) is 1. The molecule has 2 atom stereocenters. The number of benzene rings is 1. The van der Waals surface area contributed by atoms with Gasteiger partial charge in [0.2, 0.25) is 0 Å². The van der Waals surface area contributed by atoms with Gasteiger partial charge in [0.05, 0.1) is 12.5 Å². The van der Waals surface area contributed by atoms with Crippen LogP contribution in [0.4, 0.5) is 0 Å². The predicted octanol–water partition coefficient (Wildman–Crippen LogP) is 3.13. The highest BCUT2D eigenvalue weighted by atomic mass is 16.5. The van der Waals surface area contributed by atoms with E-state index in [-0.39, 0.29) is 11.9 Å². The SMILES string of the molecule is CCCCOC(=O)[C@@H]1C[C@@H]1c1ccccc1. The number of carbonyl (C=O) groups excluding carboxylic acids is 1. The Morgan fingerprint density at radius 1 is 1.38 bits per heavy atom. The summed E-state index contributed by atoms with van der Waals surface area (Å²) >= 11 is 0. The first-order chi connectivity index (χ1) is 7.83. The van der Waals surface area contributed by atoms with Gasteiger partial charge in [-0.1, -0.05) is 43.7 Å². The number of hydrogen-bond acceptors (Lipinski definition) is 2. The fourth-order valence-corrected chi connectivity index (χ4v) is 1.95. The molecule has 2 heteroatoms. The highest BCUT2D eigenvalue weighted by molar-refractivity contribution is 5.77. The van der Waals surface area contributed by atoms with Crippen LogP contribution in [0.25, 0.3) is 0 Å². The molecule has 1 saturated carbocycles. The fourth-order valence-electron chi connectivity index (χ4n) is 1.95. The highest BCUT2D eigenvalue weighted by Crippen LogP contribution is 2.47. The number of rotatable bonds is 5. The zero-order valence-electron chi connectivity index (χ0n) is 9.69. The fraction of sp³-hybridized carbons (Fsp3) is 0.500. The topological polar surface area (TPSA) is 26.3 Å². The van der Waals surface area contributed by atoms with Gasteiger partial charge in [0.15, 0.2) is 0 Å². The van der Waals surface area contributed by atoms with Crippen LogP contribution in [0, 0.1) is 5.92 Å². The van der Waals surface area contributed by atoms with Crippen molar-refractivity contribution in [2.24, 2.45) is 5.92 Å². The second-order valence-corrected chi connectivity index (χ2v) is 4.38. The van der Waals surface area contributed by atoms with Crippen molar-refractivity contribution in [1.82, 2.24) is 0 Å². The summed E-state index contributed by atoms with van der Waals surface area (Å²) in [7, 11) is 0. The van der Waals surface area contributed by atoms with Crippen molar-refractivity contribution < 1.29 is 9.53 Å². The first kappa shape index (κ1) is 11.2. The molecule has 2 rings (SSSR count). The van der Waals surface area contributed by atoms with Crippen LogP contribution in [0.3, 0.4) is 0 Å². The van der Waals surface area contributed by atoms with Gasteiger partial charge in [0.1, 0.15) is 0 Å². The standard InChI is InChI=1S/C14H18O2/c1-2-3-9-16-14(15)13-10-12(13)11-7-5-4-6-8-11/h4-8,12-13H,2-3,9-10H2,1H3/t12-,13-/m1/s1. The van der Waals surface area contributed by atoms with Crippen LogP contribution in [-0.2, 0) is 9.53 Å². The van der Waals surface area contributed by atoms with Crippen molar-refractivity contribution >= 4 is 5.97 Å². The minimum Gasteiger partial charge on any atom is -0.465 e. The summed E-state index contributed by atoms with van der Waals surface area (Å²) in [5.41, 5.74) is 1.26. The molecule has 0 saturated heterocycles. The molecular weight excluding hydrogens is 200 g/mol. The summed E-state index contributed by atoms with van der Waals surface area (Å²) in [6, 6.07) is 10.2. The minimum atomic E-state index is -0.0118. The van der Waals surface area contributed by atoms with E-state index < -0.39 is 0 Å². The van der Waals surface area contributed by atoms with E-state index in [1.54, 1.807) is 0 Å². The first-order valence-electron chi connectivity index (χ1n) is 6.04. The number of carbonyl (C=O) groups is 1. The van der Waals surface area contributed by atoms with Crippen LogP contribution in [0.1, 0.15) is 37.7 Å². The van der Waals surface area contributed by atoms with Crippen molar-refractivity contribution in [1.29, 1.82) is 0 Å². The second-order valence-electron chi connectivity index (χ2n) is 4.38. The summed E-state index contributed by atoms with van der Waals surface area (Å²) in [5, 5.41) is 0. The Labute approximate surface area is 96.6 Å². The predicted molar refractivity (Wildman–Crippen MR) is 63.2 cm³/mol. The molecule has 0 N–H and O–H groups in total. The maximum absolute atomic E-state index is 11.6. The second kappa shape index (κ2) is 5.15. The van der Waals surface area contributed by atoms with E-state index >= 15 is 0 Å². The molecule has 0 unspecified atom stereocenters. The van der Waals surface area contributed by atoms with E-state index in [1.165, 1.54) is 5.56 Å². The first-order valence-corrected chi connectivity index (χ1v) is 6.04. The lowest BCUT2D eigenvalue weighted by atomic mass is 10.1. The Morgan fingerprint density at radius 3 is 2.81 bits per heavy atom. The van der Waals surface area contributed by atoms with Gasteiger partial charge in [0, 0.05) is 0 Å². The zero-order valence-corrected chi connectivity index (χ0v) is 9.69. The molecule has 0 aliphatic heterocycles. The van der Waals surface area contributed by atoms with E-state index in [4.69, 9.17) is 4.74 Å². The maximum Gasteiger partial charge on any atom is 0.309 e. The van der Waals surface area contributed by atoms with Gasteiger partial charge < -0.3 is 4.74 Å². The highest BCUT2D eigenvalue weighted by Gasteiger charge is 2.44. The number of hydrogen-bond donors (Lipinski definition) is 0. The lowest BCUT2D eigenvalue weighted by Gasteiger charge is -2.03.